The minimum atomic E-state index is -0.219. The van der Waals surface area contributed by atoms with Crippen LogP contribution in [0.25, 0.3) is 11.5 Å². The molecule has 1 aliphatic rings. The number of nitrogens with zero attached hydrogens (tertiary/aromatic N) is 1. The Morgan fingerprint density at radius 3 is 2.32 bits per heavy atom. The number of aryl methyl sites for hydroxylation is 1. The highest BCUT2D eigenvalue weighted by Crippen LogP contribution is 2.41. The van der Waals surface area contributed by atoms with E-state index in [0.29, 0.717) is 31.1 Å². The van der Waals surface area contributed by atoms with Crippen molar-refractivity contribution in [3.63, 3.8) is 0 Å². The average Bonchev–Trinajstić information content (AvgIpc) is 3.21. The molecule has 0 bridgehead atoms. The van der Waals surface area contributed by atoms with E-state index in [2.05, 4.69) is 41.5 Å². The molecule has 3 aromatic rings. The fourth-order valence-electron chi connectivity index (χ4n) is 4.44. The van der Waals surface area contributed by atoms with Crippen molar-refractivity contribution in [2.75, 3.05) is 6.61 Å². The fourth-order valence-corrected chi connectivity index (χ4v) is 4.44. The summed E-state index contributed by atoms with van der Waals surface area (Å²) in [6.45, 7) is 13.0. The van der Waals surface area contributed by atoms with Crippen molar-refractivity contribution in [2.45, 2.75) is 78.1 Å². The lowest BCUT2D eigenvalue weighted by molar-refractivity contribution is 0.0972. The number of aromatic hydroxyl groups is 1. The monoisotopic (exact) mass is 461 g/mol. The molecule has 1 heterocycles. The van der Waals surface area contributed by atoms with Gasteiger partial charge in [-0.25, -0.2) is 4.98 Å². The van der Waals surface area contributed by atoms with Crippen molar-refractivity contribution in [3.05, 3.63) is 64.5 Å². The van der Waals surface area contributed by atoms with E-state index in [4.69, 9.17) is 14.1 Å². The van der Waals surface area contributed by atoms with Gasteiger partial charge in [-0.2, -0.15) is 0 Å². The molecular weight excluding hydrogens is 426 g/mol. The molecule has 2 aromatic carbocycles. The molecule has 0 radical (unpaired) electrons. The fraction of sp³-hybridized carbons (Fsp3) is 0.448. The number of carbonyl (C=O) groups excluding carboxylic acids is 1. The second kappa shape index (κ2) is 8.94. The Hall–Kier alpha value is -3.08. The minimum Gasteiger partial charge on any atom is -0.507 e. The van der Waals surface area contributed by atoms with Crippen LogP contribution in [0.2, 0.25) is 0 Å². The molecule has 1 aromatic heterocycles. The molecule has 1 N–H and O–H groups in total. The van der Waals surface area contributed by atoms with Crippen LogP contribution in [0.15, 0.2) is 41.0 Å². The lowest BCUT2D eigenvalue weighted by Crippen LogP contribution is -2.17. The van der Waals surface area contributed by atoms with Crippen molar-refractivity contribution in [1.29, 1.82) is 0 Å². The molecule has 0 saturated carbocycles. The maximum Gasteiger partial charge on any atom is 0.226 e. The number of hydrogen-bond acceptors (Lipinski definition) is 5. The second-order valence-corrected chi connectivity index (χ2v) is 11.3. The number of fused-ring (bicyclic) bond motifs is 1. The first-order valence-electron chi connectivity index (χ1n) is 12.0. The van der Waals surface area contributed by atoms with Crippen LogP contribution in [0.1, 0.15) is 87.1 Å². The third-order valence-electron chi connectivity index (χ3n) is 6.38. The molecule has 0 spiro atoms. The number of ketones is 1. The number of benzene rings is 2. The molecule has 0 unspecified atom stereocenters. The minimum absolute atomic E-state index is 0.219. The first kappa shape index (κ1) is 24.1. The normalized spacial score (nSPS) is 14.2. The number of aromatic nitrogens is 1. The molecule has 0 amide bonds. The van der Waals surface area contributed by atoms with Crippen LogP contribution >= 0.6 is 0 Å². The molecule has 1 aliphatic carbocycles. The molecule has 0 aliphatic heterocycles. The topological polar surface area (TPSA) is 72.6 Å². The smallest absolute Gasteiger partial charge is 0.226 e. The average molecular weight is 462 g/mol. The first-order chi connectivity index (χ1) is 15.9. The van der Waals surface area contributed by atoms with Gasteiger partial charge in [-0.1, -0.05) is 41.5 Å². The standard InChI is InChI=1S/C29H35NO4/c1-28(2,3)23-15-19(16-24(26(23)32)29(4,5)6)27-30-20(17-34-27)12-13-33-21-10-11-22-18(14-21)8-7-9-25(22)31/h10-11,14-17,32H,7-9,12-13H2,1-6H3. The number of phenolic OH excluding ortho intramolecular Hbond substituents is 1. The molecule has 4 rings (SSSR count). The van der Waals surface area contributed by atoms with Crippen molar-refractivity contribution in [3.8, 4) is 23.0 Å². The number of carbonyl (C=O) groups is 1. The van der Waals surface area contributed by atoms with E-state index in [9.17, 15) is 9.90 Å². The lowest BCUT2D eigenvalue weighted by Gasteiger charge is -2.27. The van der Waals surface area contributed by atoms with Crippen LogP contribution in [0, 0.1) is 0 Å². The van der Waals surface area contributed by atoms with Gasteiger partial charge in [0.1, 0.15) is 17.8 Å². The van der Waals surface area contributed by atoms with Crippen LogP contribution in [0.3, 0.4) is 0 Å². The van der Waals surface area contributed by atoms with Gasteiger partial charge >= 0.3 is 0 Å². The second-order valence-electron chi connectivity index (χ2n) is 11.3. The Morgan fingerprint density at radius 1 is 1.00 bits per heavy atom. The van der Waals surface area contributed by atoms with E-state index < -0.39 is 0 Å². The van der Waals surface area contributed by atoms with Gasteiger partial charge in [0.15, 0.2) is 5.78 Å². The van der Waals surface area contributed by atoms with Crippen LogP contribution in [-0.2, 0) is 23.7 Å². The SMILES string of the molecule is CC(C)(C)c1cc(-c2nc(CCOc3ccc4c(c3)CCCC4=O)co2)cc(C(C)(C)C)c1O. The Labute approximate surface area is 202 Å². The van der Waals surface area contributed by atoms with Gasteiger partial charge < -0.3 is 14.3 Å². The van der Waals surface area contributed by atoms with Gasteiger partial charge in [-0.15, -0.1) is 0 Å². The van der Waals surface area contributed by atoms with Crippen LogP contribution in [0.5, 0.6) is 11.5 Å². The van der Waals surface area contributed by atoms with Crippen molar-refractivity contribution < 1.29 is 19.1 Å². The molecule has 180 valence electrons. The summed E-state index contributed by atoms with van der Waals surface area (Å²) in [6.07, 6.45) is 4.74. The van der Waals surface area contributed by atoms with E-state index in [1.54, 1.807) is 6.26 Å². The number of ether oxygens (including phenoxy) is 1. The highest BCUT2D eigenvalue weighted by molar-refractivity contribution is 5.98. The molecule has 0 saturated heterocycles. The summed E-state index contributed by atoms with van der Waals surface area (Å²) in [7, 11) is 0. The largest absolute Gasteiger partial charge is 0.507 e. The molecular formula is C29H35NO4. The van der Waals surface area contributed by atoms with Crippen molar-refractivity contribution in [2.24, 2.45) is 0 Å². The maximum absolute atomic E-state index is 12.0. The number of rotatable bonds is 5. The van der Waals surface area contributed by atoms with Crippen molar-refractivity contribution in [1.82, 2.24) is 4.98 Å². The van der Waals surface area contributed by atoms with Crippen LogP contribution in [-0.4, -0.2) is 22.5 Å². The predicted molar refractivity (Wildman–Crippen MR) is 134 cm³/mol. The number of oxazole rings is 1. The van der Waals surface area contributed by atoms with Crippen LogP contribution < -0.4 is 4.74 Å². The van der Waals surface area contributed by atoms with E-state index >= 15 is 0 Å². The Kier molecular flexibility index (Phi) is 6.32. The Bertz CT molecular complexity index is 1170. The summed E-state index contributed by atoms with van der Waals surface area (Å²) in [5, 5.41) is 11.0. The summed E-state index contributed by atoms with van der Waals surface area (Å²) in [5.74, 6) is 1.88. The van der Waals surface area contributed by atoms with Gasteiger partial charge in [0, 0.05) is 35.1 Å². The number of Topliss-reactive ketones (excluding diaryl/α,β-unsaturated/α-hetero) is 1. The van der Waals surface area contributed by atoms with Crippen molar-refractivity contribution >= 4 is 5.78 Å². The number of hydrogen-bond donors (Lipinski definition) is 1. The Morgan fingerprint density at radius 2 is 1.68 bits per heavy atom. The summed E-state index contributed by atoms with van der Waals surface area (Å²) >= 11 is 0. The molecule has 5 heteroatoms. The lowest BCUT2D eigenvalue weighted by atomic mass is 9.78. The quantitative estimate of drug-likeness (QED) is 0.453. The zero-order valence-electron chi connectivity index (χ0n) is 21.1. The summed E-state index contributed by atoms with van der Waals surface area (Å²) in [6, 6.07) is 9.69. The molecule has 0 fully saturated rings. The highest BCUT2D eigenvalue weighted by Gasteiger charge is 2.27. The van der Waals surface area contributed by atoms with Crippen LogP contribution in [0.4, 0.5) is 0 Å². The first-order valence-corrected chi connectivity index (χ1v) is 12.0. The maximum atomic E-state index is 12.0. The summed E-state index contributed by atoms with van der Waals surface area (Å²) in [4.78, 5) is 16.7. The summed E-state index contributed by atoms with van der Waals surface area (Å²) < 4.78 is 11.8. The summed E-state index contributed by atoms with van der Waals surface area (Å²) in [5.41, 5.74) is 4.90. The third-order valence-corrected chi connectivity index (χ3v) is 6.38. The van der Waals surface area contributed by atoms with Gasteiger partial charge in [-0.05, 0) is 59.6 Å². The Balaban J connectivity index is 1.50. The zero-order chi connectivity index (χ0) is 24.7. The van der Waals surface area contributed by atoms with E-state index in [1.165, 1.54) is 0 Å². The predicted octanol–water partition coefficient (Wildman–Crippen LogP) is 6.78. The van der Waals surface area contributed by atoms with E-state index in [0.717, 1.165) is 52.1 Å². The molecule has 5 nitrogen and oxygen atoms in total. The molecule has 34 heavy (non-hydrogen) atoms. The third kappa shape index (κ3) is 5.03. The van der Waals surface area contributed by atoms with Gasteiger partial charge in [0.2, 0.25) is 5.89 Å². The highest BCUT2D eigenvalue weighted by atomic mass is 16.5. The van der Waals surface area contributed by atoms with Gasteiger partial charge in [-0.3, -0.25) is 4.79 Å². The van der Waals surface area contributed by atoms with E-state index in [1.807, 2.05) is 30.3 Å². The zero-order valence-corrected chi connectivity index (χ0v) is 21.1. The van der Waals surface area contributed by atoms with Gasteiger partial charge in [0.25, 0.3) is 0 Å². The van der Waals surface area contributed by atoms with Gasteiger partial charge in [0.05, 0.1) is 12.3 Å². The molecule has 0 atom stereocenters. The van der Waals surface area contributed by atoms with E-state index in [-0.39, 0.29) is 16.6 Å². The number of phenols is 1.